The summed E-state index contributed by atoms with van der Waals surface area (Å²) in [6.45, 7) is -0.148. The Morgan fingerprint density at radius 1 is 1.17 bits per heavy atom. The molecule has 0 N–H and O–H groups in total. The summed E-state index contributed by atoms with van der Waals surface area (Å²) in [4.78, 5) is -0.0469. The van der Waals surface area contributed by atoms with Crippen molar-refractivity contribution < 1.29 is 26.7 Å². The molecule has 0 bridgehead atoms. The Balaban J connectivity index is 1.99. The molecule has 2 aromatic carbocycles. The van der Waals surface area contributed by atoms with Gasteiger partial charge in [-0.05, 0) is 49.2 Å². The molecule has 0 radical (unpaired) electrons. The monoisotopic (exact) mass is 453 g/mol. The Morgan fingerprint density at radius 2 is 1.87 bits per heavy atom. The number of sulfone groups is 1. The van der Waals surface area contributed by atoms with Crippen LogP contribution in [0.1, 0.15) is 24.8 Å². The van der Waals surface area contributed by atoms with Gasteiger partial charge in [0.25, 0.3) is 0 Å². The Hall–Kier alpha value is -2.21. The first kappa shape index (κ1) is 21.0. The van der Waals surface area contributed by atoms with E-state index >= 15 is 4.39 Å². The quantitative estimate of drug-likeness (QED) is 0.686. The number of nitrogens with zero attached hydrogens (tertiary/aromatic N) is 1. The van der Waals surface area contributed by atoms with E-state index in [0.29, 0.717) is 5.02 Å². The standard InChI is InChI=1S/C21H18ClF2NO4S/c22-13-3-5-14(6-4-13)30(26,27)21-9-11-28-18(2-1-10-25)15(21)12-29-20-17(24)8-7-16(23)19(20)21/h3-8,15,18H,1-2,9,11-12H2/t15-,18-,21-/m1/s1. The Morgan fingerprint density at radius 3 is 2.57 bits per heavy atom. The Kier molecular flexibility index (Phi) is 5.47. The van der Waals surface area contributed by atoms with E-state index in [1.807, 2.05) is 6.07 Å². The highest BCUT2D eigenvalue weighted by molar-refractivity contribution is 7.92. The Bertz CT molecular complexity index is 1120. The fraction of sp³-hybridized carbons (Fsp3) is 0.381. The minimum atomic E-state index is -4.22. The van der Waals surface area contributed by atoms with Crippen LogP contribution in [0.4, 0.5) is 8.78 Å². The second kappa shape index (κ2) is 7.80. The molecule has 0 aromatic heterocycles. The topological polar surface area (TPSA) is 76.4 Å². The molecule has 2 aliphatic rings. The van der Waals surface area contributed by atoms with Crippen LogP contribution in [0.15, 0.2) is 41.3 Å². The van der Waals surface area contributed by atoms with Gasteiger partial charge in [-0.3, -0.25) is 0 Å². The summed E-state index contributed by atoms with van der Waals surface area (Å²) in [5, 5.41) is 9.34. The summed E-state index contributed by atoms with van der Waals surface area (Å²) in [5.74, 6) is -2.88. The van der Waals surface area contributed by atoms with Crippen LogP contribution in [-0.4, -0.2) is 27.7 Å². The van der Waals surface area contributed by atoms with E-state index in [9.17, 15) is 12.8 Å². The minimum absolute atomic E-state index is 0.0226. The van der Waals surface area contributed by atoms with Gasteiger partial charge in [0, 0.05) is 24.0 Å². The zero-order chi connectivity index (χ0) is 21.5. The number of fused-ring (bicyclic) bond motifs is 3. The third-order valence-electron chi connectivity index (χ3n) is 5.89. The molecule has 2 aromatic rings. The maximum Gasteiger partial charge on any atom is 0.189 e. The van der Waals surface area contributed by atoms with Gasteiger partial charge in [-0.1, -0.05) is 11.6 Å². The smallest absolute Gasteiger partial charge is 0.189 e. The molecule has 2 heterocycles. The van der Waals surface area contributed by atoms with Gasteiger partial charge in [0.15, 0.2) is 21.4 Å². The van der Waals surface area contributed by atoms with Gasteiger partial charge in [0.1, 0.15) is 10.6 Å². The molecule has 0 aliphatic carbocycles. The van der Waals surface area contributed by atoms with Gasteiger partial charge in [-0.15, -0.1) is 0 Å². The van der Waals surface area contributed by atoms with E-state index in [4.69, 9.17) is 26.3 Å². The molecule has 3 atom stereocenters. The maximum absolute atomic E-state index is 15.1. The number of halogens is 3. The highest BCUT2D eigenvalue weighted by Crippen LogP contribution is 2.55. The molecular formula is C21H18ClF2NO4S. The van der Waals surface area contributed by atoms with Crippen molar-refractivity contribution in [3.63, 3.8) is 0 Å². The maximum atomic E-state index is 15.1. The van der Waals surface area contributed by atoms with Crippen LogP contribution in [0.2, 0.25) is 5.02 Å². The molecule has 1 fully saturated rings. The predicted molar refractivity (Wildman–Crippen MR) is 105 cm³/mol. The van der Waals surface area contributed by atoms with Crippen molar-refractivity contribution in [3.8, 4) is 11.8 Å². The number of nitriles is 1. The molecule has 9 heteroatoms. The first-order valence-electron chi connectivity index (χ1n) is 9.43. The molecular weight excluding hydrogens is 436 g/mol. The van der Waals surface area contributed by atoms with Crippen LogP contribution in [0.3, 0.4) is 0 Å². The molecule has 0 saturated carbocycles. The van der Waals surface area contributed by atoms with Crippen LogP contribution in [0.5, 0.6) is 5.75 Å². The second-order valence-corrected chi connectivity index (χ2v) is 10.00. The van der Waals surface area contributed by atoms with Gasteiger partial charge in [-0.25, -0.2) is 17.2 Å². The lowest BCUT2D eigenvalue weighted by molar-refractivity contribution is -0.0751. The Labute approximate surface area is 178 Å². The number of hydrogen-bond donors (Lipinski definition) is 0. The number of ether oxygens (including phenoxy) is 2. The summed E-state index contributed by atoms with van der Waals surface area (Å²) in [7, 11) is -4.22. The van der Waals surface area contributed by atoms with Gasteiger partial charge >= 0.3 is 0 Å². The van der Waals surface area contributed by atoms with Crippen molar-refractivity contribution in [1.82, 2.24) is 0 Å². The van der Waals surface area contributed by atoms with Gasteiger partial charge in [0.2, 0.25) is 0 Å². The summed E-state index contributed by atoms with van der Waals surface area (Å²) < 4.78 is 67.2. The van der Waals surface area contributed by atoms with Crippen molar-refractivity contribution in [2.45, 2.75) is 35.0 Å². The molecule has 2 aliphatic heterocycles. The first-order valence-corrected chi connectivity index (χ1v) is 11.3. The second-order valence-electron chi connectivity index (χ2n) is 7.35. The molecule has 0 unspecified atom stereocenters. The van der Waals surface area contributed by atoms with Crippen molar-refractivity contribution in [1.29, 1.82) is 5.26 Å². The van der Waals surface area contributed by atoms with E-state index in [1.165, 1.54) is 24.3 Å². The average molecular weight is 454 g/mol. The SMILES string of the molecule is N#CCC[C@H]1OCC[C@]2(S(=O)(=O)c3ccc(Cl)cc3)c3c(F)ccc(F)c3OC[C@H]12. The molecule has 158 valence electrons. The van der Waals surface area contributed by atoms with Gasteiger partial charge in [-0.2, -0.15) is 5.26 Å². The van der Waals surface area contributed by atoms with Crippen molar-refractivity contribution >= 4 is 21.4 Å². The van der Waals surface area contributed by atoms with Crippen LogP contribution in [-0.2, 0) is 19.3 Å². The summed E-state index contributed by atoms with van der Waals surface area (Å²) in [5.41, 5.74) is -0.307. The zero-order valence-electron chi connectivity index (χ0n) is 15.8. The van der Waals surface area contributed by atoms with E-state index in [2.05, 4.69) is 0 Å². The lowest BCUT2D eigenvalue weighted by atomic mass is 9.75. The molecule has 1 saturated heterocycles. The predicted octanol–water partition coefficient (Wildman–Crippen LogP) is 4.39. The van der Waals surface area contributed by atoms with Crippen LogP contribution in [0, 0.1) is 28.9 Å². The van der Waals surface area contributed by atoms with E-state index in [1.54, 1.807) is 0 Å². The van der Waals surface area contributed by atoms with Gasteiger partial charge < -0.3 is 9.47 Å². The highest BCUT2D eigenvalue weighted by atomic mass is 35.5. The van der Waals surface area contributed by atoms with Crippen molar-refractivity contribution in [3.05, 3.63) is 58.6 Å². The van der Waals surface area contributed by atoms with Crippen LogP contribution in [0.25, 0.3) is 0 Å². The number of hydrogen-bond acceptors (Lipinski definition) is 5. The molecule has 0 amide bonds. The van der Waals surface area contributed by atoms with Crippen molar-refractivity contribution in [2.75, 3.05) is 13.2 Å². The largest absolute Gasteiger partial charge is 0.490 e. The van der Waals surface area contributed by atoms with E-state index < -0.39 is 38.2 Å². The lowest BCUT2D eigenvalue weighted by Crippen LogP contribution is -2.57. The average Bonchev–Trinajstić information content (AvgIpc) is 2.74. The lowest BCUT2D eigenvalue weighted by Gasteiger charge is -2.50. The van der Waals surface area contributed by atoms with Crippen molar-refractivity contribution in [2.24, 2.45) is 5.92 Å². The fourth-order valence-corrected chi connectivity index (χ4v) is 7.01. The number of rotatable bonds is 4. The number of benzene rings is 2. The first-order chi connectivity index (χ1) is 14.3. The normalized spacial score (nSPS) is 25.5. The summed E-state index contributed by atoms with van der Waals surface area (Å²) in [6.07, 6.45) is -0.329. The summed E-state index contributed by atoms with van der Waals surface area (Å²) in [6, 6.07) is 9.45. The third-order valence-corrected chi connectivity index (χ3v) is 8.70. The minimum Gasteiger partial charge on any atom is -0.490 e. The molecule has 30 heavy (non-hydrogen) atoms. The highest BCUT2D eigenvalue weighted by Gasteiger charge is 2.61. The van der Waals surface area contributed by atoms with Crippen LogP contribution < -0.4 is 4.74 Å². The fourth-order valence-electron chi connectivity index (χ4n) is 4.54. The van der Waals surface area contributed by atoms with Gasteiger partial charge in [0.05, 0.1) is 29.2 Å². The van der Waals surface area contributed by atoms with E-state index in [0.717, 1.165) is 12.1 Å². The molecule has 0 spiro atoms. The van der Waals surface area contributed by atoms with Crippen LogP contribution >= 0.6 is 11.6 Å². The van der Waals surface area contributed by atoms with E-state index in [-0.39, 0.29) is 48.7 Å². The molecule has 4 rings (SSSR count). The third kappa shape index (κ3) is 3.08. The molecule has 5 nitrogen and oxygen atoms in total. The zero-order valence-corrected chi connectivity index (χ0v) is 17.3. The summed E-state index contributed by atoms with van der Waals surface area (Å²) >= 11 is 5.92.